The third kappa shape index (κ3) is 2.53. The van der Waals surface area contributed by atoms with Crippen LogP contribution < -0.4 is 0 Å². The molecular weight excluding hydrogens is 332 g/mol. The average molecular weight is 346 g/mol. The zero-order valence-corrected chi connectivity index (χ0v) is 13.5. The Labute approximate surface area is 147 Å². The second-order valence-corrected chi connectivity index (χ2v) is 5.90. The Morgan fingerprint density at radius 1 is 0.654 bits per heavy atom. The molecule has 0 radical (unpaired) electrons. The zero-order valence-electron chi connectivity index (χ0n) is 13.5. The Morgan fingerprint density at radius 3 is 1.38 bits per heavy atom. The minimum absolute atomic E-state index is 0.245. The molecule has 0 saturated carbocycles. The summed E-state index contributed by atoms with van der Waals surface area (Å²) in [6.07, 6.45) is 0. The number of carboxylic acids is 2. The Morgan fingerprint density at radius 2 is 1.04 bits per heavy atom. The van der Waals surface area contributed by atoms with E-state index < -0.39 is 11.9 Å². The molecule has 4 rings (SSSR count). The molecule has 2 aromatic heterocycles. The van der Waals surface area contributed by atoms with Crippen molar-refractivity contribution < 1.29 is 19.8 Å². The highest BCUT2D eigenvalue weighted by atomic mass is 16.4. The van der Waals surface area contributed by atoms with Crippen LogP contribution in [-0.4, -0.2) is 32.1 Å². The van der Waals surface area contributed by atoms with Gasteiger partial charge in [0.05, 0.1) is 22.5 Å². The van der Waals surface area contributed by atoms with E-state index in [9.17, 15) is 19.8 Å². The molecule has 26 heavy (non-hydrogen) atoms. The van der Waals surface area contributed by atoms with Crippen molar-refractivity contribution in [3.05, 3.63) is 72.1 Å². The van der Waals surface area contributed by atoms with Gasteiger partial charge < -0.3 is 20.2 Å². The molecule has 0 fully saturated rings. The van der Waals surface area contributed by atoms with Gasteiger partial charge in [-0.1, -0.05) is 36.4 Å². The van der Waals surface area contributed by atoms with Crippen molar-refractivity contribution in [1.29, 1.82) is 0 Å². The summed E-state index contributed by atoms with van der Waals surface area (Å²) in [4.78, 5) is 29.9. The molecule has 2 heterocycles. The molecule has 0 unspecified atom stereocenters. The lowest BCUT2D eigenvalue weighted by atomic mass is 10.0. The number of aromatic amines is 2. The lowest BCUT2D eigenvalue weighted by Gasteiger charge is -2.06. The lowest BCUT2D eigenvalue weighted by molar-refractivity contribution is -0.132. The number of fused-ring (bicyclic) bond motifs is 2. The minimum atomic E-state index is -1.31. The SMILES string of the molecule is O=C(O)C(=C(C(=O)O)c1cc2ccccc2[nH]1)c1cc2ccccc2[nH]1. The predicted octanol–water partition coefficient (Wildman–Crippen LogP) is 3.73. The fourth-order valence-corrected chi connectivity index (χ4v) is 3.13. The topological polar surface area (TPSA) is 106 Å². The summed E-state index contributed by atoms with van der Waals surface area (Å²) in [7, 11) is 0. The van der Waals surface area contributed by atoms with Gasteiger partial charge in [-0.15, -0.1) is 0 Å². The van der Waals surface area contributed by atoms with E-state index >= 15 is 0 Å². The van der Waals surface area contributed by atoms with Gasteiger partial charge in [-0.3, -0.25) is 0 Å². The van der Waals surface area contributed by atoms with Gasteiger partial charge in [0.25, 0.3) is 0 Å². The molecule has 6 nitrogen and oxygen atoms in total. The van der Waals surface area contributed by atoms with Crippen LogP contribution in [0.25, 0.3) is 33.0 Å². The molecule has 0 bridgehead atoms. The summed E-state index contributed by atoms with van der Waals surface area (Å²) >= 11 is 0. The largest absolute Gasteiger partial charge is 0.478 e. The van der Waals surface area contributed by atoms with Crippen LogP contribution in [0.4, 0.5) is 0 Å². The summed E-state index contributed by atoms with van der Waals surface area (Å²) in [6.45, 7) is 0. The molecule has 0 aliphatic rings. The van der Waals surface area contributed by atoms with Gasteiger partial charge in [-0.25, -0.2) is 9.59 Å². The first-order chi connectivity index (χ1) is 12.5. The van der Waals surface area contributed by atoms with E-state index in [-0.39, 0.29) is 22.5 Å². The minimum Gasteiger partial charge on any atom is -0.478 e. The lowest BCUT2D eigenvalue weighted by Crippen LogP contribution is -2.10. The molecule has 4 N–H and O–H groups in total. The number of carboxylic acid groups (broad SMARTS) is 2. The maximum atomic E-state index is 12.0. The van der Waals surface area contributed by atoms with E-state index in [0.717, 1.165) is 21.8 Å². The first-order valence-corrected chi connectivity index (χ1v) is 7.91. The van der Waals surface area contributed by atoms with Gasteiger partial charge in [0.1, 0.15) is 0 Å². The number of carbonyl (C=O) groups is 2. The Balaban J connectivity index is 2.01. The standard InChI is InChI=1S/C20H14N2O4/c23-19(24)17(15-9-11-5-1-3-7-13(11)21-15)18(20(25)26)16-10-12-6-2-4-8-14(12)22-16/h1-10,21-22H,(H,23,24)(H,25,26). The maximum absolute atomic E-state index is 12.0. The first-order valence-electron chi connectivity index (χ1n) is 7.91. The van der Waals surface area contributed by atoms with Crippen LogP contribution >= 0.6 is 0 Å². The second kappa shape index (κ2) is 5.93. The van der Waals surface area contributed by atoms with Crippen molar-refractivity contribution >= 4 is 44.9 Å². The van der Waals surface area contributed by atoms with Crippen LogP contribution in [-0.2, 0) is 9.59 Å². The molecule has 0 saturated heterocycles. The number of aromatic nitrogens is 2. The monoisotopic (exact) mass is 346 g/mol. The van der Waals surface area contributed by atoms with Gasteiger partial charge in [-0.2, -0.15) is 0 Å². The maximum Gasteiger partial charge on any atom is 0.338 e. The predicted molar refractivity (Wildman–Crippen MR) is 98.7 cm³/mol. The quantitative estimate of drug-likeness (QED) is 0.422. The number of aliphatic carboxylic acids is 2. The molecule has 0 spiro atoms. The summed E-state index contributed by atoms with van der Waals surface area (Å²) in [6, 6.07) is 17.9. The van der Waals surface area contributed by atoms with Crippen LogP contribution in [0.1, 0.15) is 11.4 Å². The Hall–Kier alpha value is -3.80. The fraction of sp³-hybridized carbons (Fsp3) is 0. The van der Waals surface area contributed by atoms with Crippen LogP contribution in [0.5, 0.6) is 0 Å². The highest BCUT2D eigenvalue weighted by Crippen LogP contribution is 2.30. The van der Waals surface area contributed by atoms with Crippen molar-refractivity contribution in [3.8, 4) is 0 Å². The molecule has 0 aliphatic heterocycles. The number of rotatable bonds is 4. The number of H-pyrrole nitrogens is 2. The summed E-state index contributed by atoms with van der Waals surface area (Å²) in [5.41, 5.74) is 1.38. The molecule has 4 aromatic rings. The Bertz CT molecular complexity index is 1040. The summed E-state index contributed by atoms with van der Waals surface area (Å²) in [5, 5.41) is 21.1. The number of para-hydroxylation sites is 2. The number of benzene rings is 2. The van der Waals surface area contributed by atoms with Gasteiger partial charge in [0, 0.05) is 21.8 Å². The Kier molecular flexibility index (Phi) is 3.58. The third-order valence-corrected chi connectivity index (χ3v) is 4.28. The molecule has 6 heteroatoms. The normalized spacial score (nSPS) is 12.3. The van der Waals surface area contributed by atoms with Crippen molar-refractivity contribution in [2.45, 2.75) is 0 Å². The van der Waals surface area contributed by atoms with Gasteiger partial charge in [0.2, 0.25) is 0 Å². The van der Waals surface area contributed by atoms with E-state index in [1.165, 1.54) is 0 Å². The van der Waals surface area contributed by atoms with Crippen molar-refractivity contribution in [3.63, 3.8) is 0 Å². The van der Waals surface area contributed by atoms with Crippen molar-refractivity contribution in [2.24, 2.45) is 0 Å². The van der Waals surface area contributed by atoms with Gasteiger partial charge in [-0.05, 0) is 24.3 Å². The molecule has 128 valence electrons. The molecule has 0 aliphatic carbocycles. The van der Waals surface area contributed by atoms with Crippen molar-refractivity contribution in [2.75, 3.05) is 0 Å². The van der Waals surface area contributed by atoms with Crippen LogP contribution in [0.2, 0.25) is 0 Å². The fourth-order valence-electron chi connectivity index (χ4n) is 3.13. The third-order valence-electron chi connectivity index (χ3n) is 4.28. The van der Waals surface area contributed by atoms with Gasteiger partial charge in [0.15, 0.2) is 0 Å². The van der Waals surface area contributed by atoms with E-state index in [1.807, 2.05) is 48.5 Å². The average Bonchev–Trinajstić information content (AvgIpc) is 3.21. The number of nitrogens with one attached hydrogen (secondary N) is 2. The summed E-state index contributed by atoms with van der Waals surface area (Å²) < 4.78 is 0. The van der Waals surface area contributed by atoms with Crippen LogP contribution in [0, 0.1) is 0 Å². The first kappa shape index (κ1) is 15.7. The molecule has 2 aromatic carbocycles. The van der Waals surface area contributed by atoms with E-state index in [4.69, 9.17) is 0 Å². The second-order valence-electron chi connectivity index (χ2n) is 5.90. The van der Waals surface area contributed by atoms with Gasteiger partial charge >= 0.3 is 11.9 Å². The van der Waals surface area contributed by atoms with E-state index in [1.54, 1.807) is 12.1 Å². The molecule has 0 amide bonds. The summed E-state index contributed by atoms with van der Waals surface area (Å²) in [5.74, 6) is -2.62. The highest BCUT2D eigenvalue weighted by molar-refractivity contribution is 6.36. The molecule has 0 atom stereocenters. The van der Waals surface area contributed by atoms with Crippen LogP contribution in [0.3, 0.4) is 0 Å². The van der Waals surface area contributed by atoms with E-state index in [0.29, 0.717) is 0 Å². The number of hydrogen-bond donors (Lipinski definition) is 4. The zero-order chi connectivity index (χ0) is 18.3. The van der Waals surface area contributed by atoms with Crippen LogP contribution in [0.15, 0.2) is 60.7 Å². The number of hydrogen-bond acceptors (Lipinski definition) is 2. The molecular formula is C20H14N2O4. The van der Waals surface area contributed by atoms with E-state index in [2.05, 4.69) is 9.97 Å². The van der Waals surface area contributed by atoms with Crippen molar-refractivity contribution in [1.82, 2.24) is 9.97 Å². The smallest absolute Gasteiger partial charge is 0.338 e. The highest BCUT2D eigenvalue weighted by Gasteiger charge is 2.26.